The molecule has 1 N–H and O–H groups in total. The molecule has 32 heavy (non-hydrogen) atoms. The molecule has 2 aromatic heterocycles. The van der Waals surface area contributed by atoms with Gasteiger partial charge in [-0.3, -0.25) is 4.79 Å². The minimum absolute atomic E-state index is 0.0308. The Hall–Kier alpha value is -3.21. The third kappa shape index (κ3) is 4.82. The van der Waals surface area contributed by atoms with Crippen LogP contribution in [0, 0.1) is 0 Å². The number of rotatable bonds is 5. The van der Waals surface area contributed by atoms with Crippen molar-refractivity contribution in [1.29, 1.82) is 0 Å². The second-order valence-electron chi connectivity index (χ2n) is 7.20. The highest BCUT2D eigenvalue weighted by molar-refractivity contribution is 6.34. The first-order valence-electron chi connectivity index (χ1n) is 9.89. The molecule has 0 saturated carbocycles. The second-order valence-corrected chi connectivity index (χ2v) is 7.56. The van der Waals surface area contributed by atoms with Gasteiger partial charge in [0, 0.05) is 62.3 Å². The van der Waals surface area contributed by atoms with Gasteiger partial charge in [-0.05, 0) is 0 Å². The summed E-state index contributed by atoms with van der Waals surface area (Å²) in [6, 6.07) is 7.46. The molecule has 1 aliphatic rings. The topological polar surface area (TPSA) is 87.1 Å². The summed E-state index contributed by atoms with van der Waals surface area (Å²) in [6.07, 6.45) is -2.67. The molecule has 1 fully saturated rings. The number of hydrogen-bond acceptors (Lipinski definition) is 7. The molecule has 12 heteroatoms. The molecule has 3 heterocycles. The lowest BCUT2D eigenvalue weighted by Crippen LogP contribution is -2.49. The van der Waals surface area contributed by atoms with Crippen LogP contribution < -0.4 is 10.2 Å². The molecular weight excluding hydrogens is 447 g/mol. The summed E-state index contributed by atoms with van der Waals surface area (Å²) in [6.45, 7) is 2.14. The van der Waals surface area contributed by atoms with Crippen molar-refractivity contribution in [2.75, 3.05) is 42.9 Å². The van der Waals surface area contributed by atoms with E-state index in [2.05, 4.69) is 25.5 Å². The van der Waals surface area contributed by atoms with Crippen LogP contribution in [0.2, 0.25) is 5.15 Å². The van der Waals surface area contributed by atoms with Crippen LogP contribution in [-0.2, 0) is 11.0 Å². The van der Waals surface area contributed by atoms with E-state index in [4.69, 9.17) is 11.6 Å². The lowest BCUT2D eigenvalue weighted by Gasteiger charge is -2.34. The predicted octanol–water partition coefficient (Wildman–Crippen LogP) is 3.24. The number of carbonyl (C=O) groups excluding carboxylic acids is 1. The molecule has 168 valence electrons. The van der Waals surface area contributed by atoms with Gasteiger partial charge in [0.15, 0.2) is 11.0 Å². The Morgan fingerprint density at radius 2 is 1.69 bits per heavy atom. The lowest BCUT2D eigenvalue weighted by molar-refractivity contribution is -0.138. The second kappa shape index (κ2) is 9.11. The zero-order chi connectivity index (χ0) is 22.7. The minimum atomic E-state index is -4.47. The van der Waals surface area contributed by atoms with Crippen LogP contribution in [0.4, 0.5) is 24.9 Å². The summed E-state index contributed by atoms with van der Waals surface area (Å²) in [4.78, 5) is 23.7. The van der Waals surface area contributed by atoms with Crippen LogP contribution in [-0.4, -0.2) is 63.7 Å². The van der Waals surface area contributed by atoms with E-state index >= 15 is 0 Å². The highest BCUT2D eigenvalue weighted by Gasteiger charge is 2.32. The molecular formula is C20H19ClF3N7O. The van der Waals surface area contributed by atoms with Crippen molar-refractivity contribution in [3.63, 3.8) is 0 Å². The fraction of sp³-hybridized carbons (Fsp3) is 0.350. The monoisotopic (exact) mass is 465 g/mol. The van der Waals surface area contributed by atoms with Crippen LogP contribution in [0.25, 0.3) is 10.8 Å². The van der Waals surface area contributed by atoms with Crippen LogP contribution in [0.3, 0.4) is 0 Å². The van der Waals surface area contributed by atoms with Gasteiger partial charge < -0.3 is 15.1 Å². The minimum Gasteiger partial charge on any atom is -0.368 e. The average molecular weight is 466 g/mol. The van der Waals surface area contributed by atoms with E-state index in [1.807, 2.05) is 24.3 Å². The van der Waals surface area contributed by atoms with Crippen molar-refractivity contribution >= 4 is 40.0 Å². The maximum atomic E-state index is 12.7. The van der Waals surface area contributed by atoms with Gasteiger partial charge in [-0.15, -0.1) is 10.2 Å². The van der Waals surface area contributed by atoms with E-state index in [1.54, 1.807) is 9.80 Å². The molecule has 0 bridgehead atoms. The van der Waals surface area contributed by atoms with Crippen LogP contribution in [0.1, 0.15) is 12.0 Å². The van der Waals surface area contributed by atoms with Crippen molar-refractivity contribution < 1.29 is 18.0 Å². The molecule has 8 nitrogen and oxygen atoms in total. The number of hydrogen-bond donors (Lipinski definition) is 1. The van der Waals surface area contributed by atoms with Crippen molar-refractivity contribution in [3.8, 4) is 0 Å². The normalized spacial score (nSPS) is 14.6. The average Bonchev–Trinajstić information content (AvgIpc) is 2.80. The number of anilines is 2. The van der Waals surface area contributed by atoms with E-state index in [0.29, 0.717) is 43.7 Å². The smallest absolute Gasteiger partial charge is 0.368 e. The van der Waals surface area contributed by atoms with Gasteiger partial charge in [0.05, 0.1) is 5.56 Å². The fourth-order valence-electron chi connectivity index (χ4n) is 3.43. The highest BCUT2D eigenvalue weighted by Crippen LogP contribution is 2.28. The Labute approximate surface area is 186 Å². The maximum absolute atomic E-state index is 12.7. The van der Waals surface area contributed by atoms with E-state index < -0.39 is 11.7 Å². The zero-order valence-electron chi connectivity index (χ0n) is 16.8. The summed E-state index contributed by atoms with van der Waals surface area (Å²) in [7, 11) is 0. The Balaban J connectivity index is 1.28. The Kier molecular flexibility index (Phi) is 6.26. The maximum Gasteiger partial charge on any atom is 0.419 e. The first-order valence-corrected chi connectivity index (χ1v) is 10.3. The summed E-state index contributed by atoms with van der Waals surface area (Å²) >= 11 is 6.07. The Morgan fingerprint density at radius 3 is 2.34 bits per heavy atom. The molecule has 0 aliphatic carbocycles. The van der Waals surface area contributed by atoms with Gasteiger partial charge >= 0.3 is 6.18 Å². The number of amides is 1. The third-order valence-electron chi connectivity index (χ3n) is 5.15. The molecule has 0 atom stereocenters. The van der Waals surface area contributed by atoms with E-state index in [1.165, 1.54) is 0 Å². The third-order valence-corrected chi connectivity index (χ3v) is 5.43. The van der Waals surface area contributed by atoms with E-state index in [-0.39, 0.29) is 18.3 Å². The number of fused-ring (bicyclic) bond motifs is 1. The zero-order valence-corrected chi connectivity index (χ0v) is 17.6. The SMILES string of the molecule is O=C(CCNc1nnc(Cl)c2ccccc12)N1CCN(c2ncc(C(F)(F)F)cn2)CC1. The number of benzene rings is 1. The van der Waals surface area contributed by atoms with Gasteiger partial charge in [0.2, 0.25) is 11.9 Å². The summed E-state index contributed by atoms with van der Waals surface area (Å²) in [5.41, 5.74) is -0.888. The molecule has 1 amide bonds. The van der Waals surface area contributed by atoms with Gasteiger partial charge in [0.25, 0.3) is 0 Å². The van der Waals surface area contributed by atoms with Crippen LogP contribution >= 0.6 is 11.6 Å². The summed E-state index contributed by atoms with van der Waals surface area (Å²) < 4.78 is 38.0. The molecule has 0 spiro atoms. The van der Waals surface area contributed by atoms with Crippen molar-refractivity contribution in [2.24, 2.45) is 0 Å². The number of carbonyl (C=O) groups is 1. The van der Waals surface area contributed by atoms with Gasteiger partial charge in [-0.2, -0.15) is 13.2 Å². The highest BCUT2D eigenvalue weighted by atomic mass is 35.5. The van der Waals surface area contributed by atoms with Crippen molar-refractivity contribution in [2.45, 2.75) is 12.6 Å². The van der Waals surface area contributed by atoms with Crippen LogP contribution in [0.15, 0.2) is 36.7 Å². The van der Waals surface area contributed by atoms with Crippen molar-refractivity contribution in [3.05, 3.63) is 47.4 Å². The number of halogens is 4. The first kappa shape index (κ1) is 22.0. The summed E-state index contributed by atoms with van der Waals surface area (Å²) in [5, 5.41) is 13.1. The molecule has 1 aliphatic heterocycles. The van der Waals surface area contributed by atoms with E-state index in [9.17, 15) is 18.0 Å². The van der Waals surface area contributed by atoms with E-state index in [0.717, 1.165) is 23.2 Å². The van der Waals surface area contributed by atoms with Gasteiger partial charge in [0.1, 0.15) is 0 Å². The predicted molar refractivity (Wildman–Crippen MR) is 113 cm³/mol. The Bertz CT molecular complexity index is 1100. The standard InChI is InChI=1S/C20H19ClF3N7O/c21-17-14-3-1-2-4-15(14)18(29-28-17)25-6-5-16(32)30-7-9-31(10-8-30)19-26-11-13(12-27-19)20(22,23)24/h1-4,11-12H,5-10H2,(H,25,29). The number of nitrogens with one attached hydrogen (secondary N) is 1. The molecule has 0 unspecified atom stereocenters. The fourth-order valence-corrected chi connectivity index (χ4v) is 3.64. The quantitative estimate of drug-likeness (QED) is 0.619. The molecule has 3 aromatic rings. The number of aromatic nitrogens is 4. The number of piperazine rings is 1. The number of nitrogens with zero attached hydrogens (tertiary/aromatic N) is 6. The van der Waals surface area contributed by atoms with Gasteiger partial charge in [-0.25, -0.2) is 9.97 Å². The van der Waals surface area contributed by atoms with Crippen molar-refractivity contribution in [1.82, 2.24) is 25.1 Å². The number of alkyl halides is 3. The molecule has 4 rings (SSSR count). The van der Waals surface area contributed by atoms with Crippen LogP contribution in [0.5, 0.6) is 0 Å². The molecule has 1 saturated heterocycles. The molecule has 0 radical (unpaired) electrons. The van der Waals surface area contributed by atoms with Gasteiger partial charge in [-0.1, -0.05) is 35.9 Å². The lowest BCUT2D eigenvalue weighted by atomic mass is 10.2. The first-order chi connectivity index (χ1) is 15.3. The summed E-state index contributed by atoms with van der Waals surface area (Å²) in [5.74, 6) is 0.749. The molecule has 1 aromatic carbocycles. The Morgan fingerprint density at radius 1 is 1.03 bits per heavy atom. The largest absolute Gasteiger partial charge is 0.419 e.